The molecule has 0 bridgehead atoms. The number of fused-ring (bicyclic) bond motifs is 1. The summed E-state index contributed by atoms with van der Waals surface area (Å²) in [6, 6.07) is 13.9. The van der Waals surface area contributed by atoms with E-state index >= 15 is 0 Å². The van der Waals surface area contributed by atoms with Gasteiger partial charge in [0.1, 0.15) is 17.5 Å². The number of benzene rings is 1. The lowest BCUT2D eigenvalue weighted by Gasteiger charge is -2.40. The second kappa shape index (κ2) is 14.9. The molecule has 272 valence electrons. The van der Waals surface area contributed by atoms with Crippen LogP contribution in [0.2, 0.25) is 0 Å². The fourth-order valence-corrected chi connectivity index (χ4v) is 6.99. The van der Waals surface area contributed by atoms with Gasteiger partial charge in [-0.1, -0.05) is 12.1 Å². The first-order valence-electron chi connectivity index (χ1n) is 17.9. The number of carbonyl (C=O) groups excluding carboxylic acids is 1. The Morgan fingerprint density at radius 2 is 1.71 bits per heavy atom. The van der Waals surface area contributed by atoms with Crippen LogP contribution >= 0.6 is 0 Å². The van der Waals surface area contributed by atoms with E-state index in [1.807, 2.05) is 74.1 Å². The predicted octanol–water partition coefficient (Wildman–Crippen LogP) is 5.62. The van der Waals surface area contributed by atoms with Crippen molar-refractivity contribution in [2.24, 2.45) is 0 Å². The highest BCUT2D eigenvalue weighted by Crippen LogP contribution is 2.35. The molecule has 51 heavy (non-hydrogen) atoms. The summed E-state index contributed by atoms with van der Waals surface area (Å²) in [5, 5.41) is 13.6. The van der Waals surface area contributed by atoms with E-state index in [0.29, 0.717) is 41.7 Å². The second-order valence-corrected chi connectivity index (χ2v) is 14.5. The van der Waals surface area contributed by atoms with Crippen LogP contribution in [-0.4, -0.2) is 99.9 Å². The first kappa shape index (κ1) is 34.7. The molecule has 1 amide bonds. The highest BCUT2D eigenvalue weighted by atomic mass is 16.7. The predicted molar refractivity (Wildman–Crippen MR) is 192 cm³/mol. The van der Waals surface area contributed by atoms with Gasteiger partial charge in [0.25, 0.3) is 0 Å². The molecule has 0 atom stereocenters. The number of nitrogens with two attached hydrogens (primary N) is 1. The van der Waals surface area contributed by atoms with E-state index in [1.54, 1.807) is 12.0 Å². The average Bonchev–Trinajstić information content (AvgIpc) is 3.45. The molecule has 2 N–H and O–H groups in total. The molecule has 2 aliphatic heterocycles. The maximum atomic E-state index is 12.4. The standard InChI is InChI=1S/C37H48N8O6/c1-37(2,3)51-36(46)44-17-12-26(13-18-44)49-27-20-28(21-27)50-33-19-25(9-14-39-33)43-15-10-24(11-16-43)45-31-22-30(40-41-34(31)35(38)42-45)29-7-5-6-8-32(29)48-23-47-4/h5-9,14,19,22,24,26-28H,10-13,15-18,20-21,23H2,1-4H3,(H2,38,42). The van der Waals surface area contributed by atoms with Crippen molar-refractivity contribution in [1.29, 1.82) is 0 Å². The molecule has 2 saturated heterocycles. The smallest absolute Gasteiger partial charge is 0.410 e. The number of rotatable bonds is 10. The Bertz CT molecular complexity index is 1810. The molecule has 3 aliphatic rings. The minimum absolute atomic E-state index is 0.0791. The number of para-hydroxylation sites is 1. The molecule has 0 radical (unpaired) electrons. The van der Waals surface area contributed by atoms with Crippen LogP contribution in [0.4, 0.5) is 16.3 Å². The zero-order chi connectivity index (χ0) is 35.5. The Kier molecular flexibility index (Phi) is 10.1. The van der Waals surface area contributed by atoms with Gasteiger partial charge in [0.15, 0.2) is 18.1 Å². The fraction of sp³-hybridized carbons (Fsp3) is 0.541. The molecule has 7 rings (SSSR count). The Morgan fingerprint density at radius 1 is 0.941 bits per heavy atom. The SMILES string of the molecule is COCOc1ccccc1-c1cc2c(nn1)c(N)nn2C1CCN(c2ccnc(OC3CC(OC4CCN(C(=O)OC(C)(C)C)CC4)C3)c2)CC1. The van der Waals surface area contributed by atoms with E-state index in [0.717, 1.165) is 68.4 Å². The van der Waals surface area contributed by atoms with Gasteiger partial charge in [-0.25, -0.2) is 9.78 Å². The number of nitrogen functional groups attached to an aromatic ring is 1. The van der Waals surface area contributed by atoms with E-state index in [1.165, 1.54) is 0 Å². The van der Waals surface area contributed by atoms with E-state index in [4.69, 9.17) is 34.5 Å². The summed E-state index contributed by atoms with van der Waals surface area (Å²) < 4.78 is 31.0. The lowest BCUT2D eigenvalue weighted by Crippen LogP contribution is -2.46. The Labute approximate surface area is 298 Å². The Balaban J connectivity index is 0.908. The first-order valence-corrected chi connectivity index (χ1v) is 17.9. The van der Waals surface area contributed by atoms with Crippen molar-refractivity contribution in [1.82, 2.24) is 29.9 Å². The topological polar surface area (TPSA) is 152 Å². The number of likely N-dealkylation sites (tertiary alicyclic amines) is 1. The lowest BCUT2D eigenvalue weighted by atomic mass is 9.91. The molecule has 1 aromatic carbocycles. The van der Waals surface area contributed by atoms with Gasteiger partial charge in [-0.05, 0) is 70.7 Å². The van der Waals surface area contributed by atoms with Crippen molar-refractivity contribution in [3.63, 3.8) is 0 Å². The van der Waals surface area contributed by atoms with E-state index in [-0.39, 0.29) is 37.2 Å². The van der Waals surface area contributed by atoms with E-state index in [9.17, 15) is 4.79 Å². The van der Waals surface area contributed by atoms with Crippen LogP contribution in [0.15, 0.2) is 48.7 Å². The second-order valence-electron chi connectivity index (χ2n) is 14.5. The summed E-state index contributed by atoms with van der Waals surface area (Å²) in [6.45, 7) is 8.81. The number of hydrogen-bond donors (Lipinski definition) is 1. The van der Waals surface area contributed by atoms with Crippen molar-refractivity contribution in [2.45, 2.75) is 89.3 Å². The van der Waals surface area contributed by atoms with Crippen LogP contribution in [0.1, 0.15) is 65.3 Å². The number of methoxy groups -OCH3 is 1. The van der Waals surface area contributed by atoms with Gasteiger partial charge in [-0.15, -0.1) is 10.2 Å². The average molecular weight is 701 g/mol. The number of nitrogens with zero attached hydrogens (tertiary/aromatic N) is 7. The van der Waals surface area contributed by atoms with Gasteiger partial charge in [0.05, 0.1) is 29.5 Å². The molecule has 4 aromatic rings. The van der Waals surface area contributed by atoms with Gasteiger partial charge >= 0.3 is 6.09 Å². The van der Waals surface area contributed by atoms with E-state index in [2.05, 4.69) is 20.1 Å². The van der Waals surface area contributed by atoms with Crippen LogP contribution in [0.3, 0.4) is 0 Å². The lowest BCUT2D eigenvalue weighted by molar-refractivity contribution is -0.110. The van der Waals surface area contributed by atoms with Crippen LogP contribution in [0, 0.1) is 0 Å². The number of hydrogen-bond acceptors (Lipinski definition) is 12. The number of amides is 1. The molecule has 0 spiro atoms. The summed E-state index contributed by atoms with van der Waals surface area (Å²) in [4.78, 5) is 21.0. The van der Waals surface area contributed by atoms with Gasteiger partial charge < -0.3 is 39.2 Å². The molecule has 14 heteroatoms. The van der Waals surface area contributed by atoms with Crippen LogP contribution < -0.4 is 20.1 Å². The zero-order valence-corrected chi connectivity index (χ0v) is 29.9. The zero-order valence-electron chi connectivity index (χ0n) is 29.9. The Hall–Kier alpha value is -4.69. The van der Waals surface area contributed by atoms with Crippen molar-refractivity contribution in [2.75, 3.05) is 50.7 Å². The molecule has 0 unspecified atom stereocenters. The number of aromatic nitrogens is 5. The normalized spacial score (nSPS) is 20.3. The monoisotopic (exact) mass is 700 g/mol. The first-order chi connectivity index (χ1) is 24.6. The highest BCUT2D eigenvalue weighted by molar-refractivity contribution is 5.87. The maximum Gasteiger partial charge on any atom is 0.410 e. The quantitative estimate of drug-likeness (QED) is 0.204. The van der Waals surface area contributed by atoms with Crippen molar-refractivity contribution >= 4 is 28.6 Å². The largest absolute Gasteiger partial charge is 0.474 e. The van der Waals surface area contributed by atoms with Gasteiger partial charge in [-0.2, -0.15) is 5.10 Å². The molecular formula is C37H48N8O6. The minimum atomic E-state index is -0.486. The Morgan fingerprint density at radius 3 is 2.45 bits per heavy atom. The summed E-state index contributed by atoms with van der Waals surface area (Å²) in [5.41, 5.74) is 9.87. The molecule has 5 heterocycles. The summed E-state index contributed by atoms with van der Waals surface area (Å²) in [7, 11) is 1.59. The molecule has 1 aliphatic carbocycles. The van der Waals surface area contributed by atoms with Gasteiger partial charge in [0, 0.05) is 69.6 Å². The third-order valence-electron chi connectivity index (χ3n) is 9.69. The van der Waals surface area contributed by atoms with Crippen LogP contribution in [0.25, 0.3) is 22.3 Å². The maximum absolute atomic E-state index is 12.4. The van der Waals surface area contributed by atoms with Gasteiger partial charge in [0.2, 0.25) is 5.88 Å². The number of carbonyl (C=O) groups is 1. The summed E-state index contributed by atoms with van der Waals surface area (Å²) >= 11 is 0. The number of ether oxygens (including phenoxy) is 5. The summed E-state index contributed by atoms with van der Waals surface area (Å²) in [6.07, 6.45) is 7.06. The fourth-order valence-electron chi connectivity index (χ4n) is 6.99. The molecular weight excluding hydrogens is 652 g/mol. The summed E-state index contributed by atoms with van der Waals surface area (Å²) in [5.74, 6) is 1.68. The van der Waals surface area contributed by atoms with Gasteiger partial charge in [-0.3, -0.25) is 4.68 Å². The highest BCUT2D eigenvalue weighted by Gasteiger charge is 2.36. The van der Waals surface area contributed by atoms with Crippen molar-refractivity contribution < 1.29 is 28.5 Å². The minimum Gasteiger partial charge on any atom is -0.474 e. The molecule has 1 saturated carbocycles. The molecule has 3 fully saturated rings. The number of piperidine rings is 2. The number of anilines is 2. The molecule has 14 nitrogen and oxygen atoms in total. The van der Waals surface area contributed by atoms with Crippen LogP contribution in [0.5, 0.6) is 11.6 Å². The number of pyridine rings is 1. The van der Waals surface area contributed by atoms with E-state index < -0.39 is 5.60 Å². The van der Waals surface area contributed by atoms with Crippen molar-refractivity contribution in [3.05, 3.63) is 48.7 Å². The third kappa shape index (κ3) is 8.12. The van der Waals surface area contributed by atoms with Crippen LogP contribution in [-0.2, 0) is 14.2 Å². The van der Waals surface area contributed by atoms with Crippen molar-refractivity contribution in [3.8, 4) is 22.9 Å². The third-order valence-corrected chi connectivity index (χ3v) is 9.69. The molecule has 3 aromatic heterocycles.